The predicted molar refractivity (Wildman–Crippen MR) is 67.6 cm³/mol. The number of pyridine rings is 1. The van der Waals surface area contributed by atoms with Crippen LogP contribution in [-0.2, 0) is 6.61 Å². The van der Waals surface area contributed by atoms with Crippen LogP contribution in [0.25, 0.3) is 11.2 Å². The second kappa shape index (κ2) is 4.66. The molecular formula is C13H9ClN2O2. The molecule has 3 rings (SSSR count). The van der Waals surface area contributed by atoms with Crippen LogP contribution in [0, 0.1) is 0 Å². The first kappa shape index (κ1) is 11.0. The largest absolute Gasteiger partial charge is 0.482 e. The molecule has 0 amide bonds. The lowest BCUT2D eigenvalue weighted by atomic mass is 10.3. The molecule has 0 unspecified atom stereocenters. The maximum absolute atomic E-state index is 5.98. The van der Waals surface area contributed by atoms with Gasteiger partial charge >= 0.3 is 0 Å². The molecule has 5 heteroatoms. The summed E-state index contributed by atoms with van der Waals surface area (Å²) in [5, 5.41) is 0.562. The number of benzene rings is 1. The van der Waals surface area contributed by atoms with Gasteiger partial charge in [-0.2, -0.15) is 4.98 Å². The van der Waals surface area contributed by atoms with E-state index < -0.39 is 0 Å². The Hall–Kier alpha value is -2.07. The number of hydrogen-bond acceptors (Lipinski definition) is 4. The third kappa shape index (κ3) is 2.15. The summed E-state index contributed by atoms with van der Waals surface area (Å²) in [5.41, 5.74) is 1.23. The van der Waals surface area contributed by atoms with Crippen LogP contribution in [0.15, 0.2) is 47.0 Å². The number of ether oxygens (including phenoxy) is 1. The first-order valence-corrected chi connectivity index (χ1v) is 5.78. The van der Waals surface area contributed by atoms with Crippen LogP contribution in [-0.4, -0.2) is 9.97 Å². The highest BCUT2D eigenvalue weighted by Gasteiger charge is 2.07. The summed E-state index contributed by atoms with van der Waals surface area (Å²) < 4.78 is 11.0. The smallest absolute Gasteiger partial charge is 0.235 e. The van der Waals surface area contributed by atoms with E-state index in [9.17, 15) is 0 Å². The van der Waals surface area contributed by atoms with Gasteiger partial charge < -0.3 is 9.15 Å². The zero-order chi connectivity index (χ0) is 12.4. The van der Waals surface area contributed by atoms with E-state index in [2.05, 4.69) is 9.97 Å². The number of hydrogen-bond donors (Lipinski definition) is 0. The molecule has 4 nitrogen and oxygen atoms in total. The van der Waals surface area contributed by atoms with Crippen LogP contribution < -0.4 is 4.74 Å². The third-order valence-corrected chi connectivity index (χ3v) is 2.71. The van der Waals surface area contributed by atoms with Crippen molar-refractivity contribution >= 4 is 22.8 Å². The van der Waals surface area contributed by atoms with Crippen molar-refractivity contribution < 1.29 is 9.15 Å². The van der Waals surface area contributed by atoms with Gasteiger partial charge in [-0.1, -0.05) is 23.7 Å². The van der Waals surface area contributed by atoms with Gasteiger partial charge in [0, 0.05) is 6.20 Å². The first-order valence-electron chi connectivity index (χ1n) is 5.41. The molecule has 18 heavy (non-hydrogen) atoms. The van der Waals surface area contributed by atoms with E-state index in [0.29, 0.717) is 27.9 Å². The van der Waals surface area contributed by atoms with Crippen molar-refractivity contribution in [2.45, 2.75) is 6.61 Å². The molecule has 0 spiro atoms. The SMILES string of the molecule is Clc1ccccc1OCc1nc2ncccc2o1. The summed E-state index contributed by atoms with van der Waals surface area (Å²) in [5.74, 6) is 1.08. The minimum atomic E-state index is 0.222. The lowest BCUT2D eigenvalue weighted by Crippen LogP contribution is -1.95. The van der Waals surface area contributed by atoms with Gasteiger partial charge in [-0.15, -0.1) is 0 Å². The van der Waals surface area contributed by atoms with Gasteiger partial charge in [0.25, 0.3) is 0 Å². The Morgan fingerprint density at radius 1 is 1.17 bits per heavy atom. The minimum Gasteiger partial charge on any atom is -0.482 e. The highest BCUT2D eigenvalue weighted by atomic mass is 35.5. The summed E-state index contributed by atoms with van der Waals surface area (Å²) in [6.07, 6.45) is 1.67. The Morgan fingerprint density at radius 3 is 2.89 bits per heavy atom. The molecule has 1 aromatic carbocycles. The second-order valence-corrected chi connectivity index (χ2v) is 4.06. The Balaban J connectivity index is 1.79. The van der Waals surface area contributed by atoms with Gasteiger partial charge in [0.05, 0.1) is 5.02 Å². The summed E-state index contributed by atoms with van der Waals surface area (Å²) in [6, 6.07) is 10.9. The summed E-state index contributed by atoms with van der Waals surface area (Å²) in [7, 11) is 0. The van der Waals surface area contributed by atoms with Crippen LogP contribution in [0.4, 0.5) is 0 Å². The van der Waals surface area contributed by atoms with Crippen LogP contribution in [0.3, 0.4) is 0 Å². The number of fused-ring (bicyclic) bond motifs is 1. The Kier molecular flexibility index (Phi) is 2.86. The molecule has 0 aliphatic heterocycles. The predicted octanol–water partition coefficient (Wildman–Crippen LogP) is 3.46. The fraction of sp³-hybridized carbons (Fsp3) is 0.0769. The maximum atomic E-state index is 5.98. The van der Waals surface area contributed by atoms with E-state index in [1.807, 2.05) is 18.2 Å². The third-order valence-electron chi connectivity index (χ3n) is 2.40. The Labute approximate surface area is 108 Å². The van der Waals surface area contributed by atoms with E-state index in [4.69, 9.17) is 20.8 Å². The monoisotopic (exact) mass is 260 g/mol. The maximum Gasteiger partial charge on any atom is 0.235 e. The van der Waals surface area contributed by atoms with Crippen LogP contribution in [0.2, 0.25) is 5.02 Å². The van der Waals surface area contributed by atoms with Gasteiger partial charge in [-0.25, -0.2) is 4.98 Å². The number of rotatable bonds is 3. The highest BCUT2D eigenvalue weighted by molar-refractivity contribution is 6.32. The topological polar surface area (TPSA) is 48.2 Å². The number of oxazole rings is 1. The normalized spacial score (nSPS) is 10.7. The molecule has 3 aromatic rings. The fourth-order valence-corrected chi connectivity index (χ4v) is 1.77. The molecule has 0 fully saturated rings. The minimum absolute atomic E-state index is 0.222. The summed E-state index contributed by atoms with van der Waals surface area (Å²) in [6.45, 7) is 0.222. The van der Waals surface area contributed by atoms with Crippen molar-refractivity contribution in [3.8, 4) is 5.75 Å². The first-order chi connectivity index (χ1) is 8.83. The molecule has 0 N–H and O–H groups in total. The molecule has 90 valence electrons. The Morgan fingerprint density at radius 2 is 2.06 bits per heavy atom. The van der Waals surface area contributed by atoms with E-state index >= 15 is 0 Å². The molecule has 2 heterocycles. The van der Waals surface area contributed by atoms with Crippen molar-refractivity contribution in [3.63, 3.8) is 0 Å². The molecule has 0 bridgehead atoms. The zero-order valence-electron chi connectivity index (χ0n) is 9.34. The quantitative estimate of drug-likeness (QED) is 0.724. The lowest BCUT2D eigenvalue weighted by Gasteiger charge is -2.04. The summed E-state index contributed by atoms with van der Waals surface area (Å²) >= 11 is 5.98. The fourth-order valence-electron chi connectivity index (χ4n) is 1.58. The van der Waals surface area contributed by atoms with Gasteiger partial charge in [0.2, 0.25) is 5.89 Å². The van der Waals surface area contributed by atoms with Crippen molar-refractivity contribution in [2.75, 3.05) is 0 Å². The van der Waals surface area contributed by atoms with Crippen molar-refractivity contribution in [2.24, 2.45) is 0 Å². The van der Waals surface area contributed by atoms with Gasteiger partial charge in [-0.3, -0.25) is 0 Å². The van der Waals surface area contributed by atoms with Gasteiger partial charge in [-0.05, 0) is 24.3 Å². The van der Waals surface area contributed by atoms with E-state index in [-0.39, 0.29) is 6.61 Å². The molecule has 0 radical (unpaired) electrons. The van der Waals surface area contributed by atoms with E-state index in [1.165, 1.54) is 0 Å². The van der Waals surface area contributed by atoms with Crippen LogP contribution in [0.5, 0.6) is 5.75 Å². The average Bonchev–Trinajstić information content (AvgIpc) is 2.80. The van der Waals surface area contributed by atoms with E-state index in [0.717, 1.165) is 0 Å². The highest BCUT2D eigenvalue weighted by Crippen LogP contribution is 2.24. The molecule has 0 saturated heterocycles. The molecule has 0 saturated carbocycles. The average molecular weight is 261 g/mol. The number of halogens is 1. The van der Waals surface area contributed by atoms with Crippen molar-refractivity contribution in [3.05, 3.63) is 53.5 Å². The summed E-state index contributed by atoms with van der Waals surface area (Å²) in [4.78, 5) is 8.30. The zero-order valence-corrected chi connectivity index (χ0v) is 10.1. The van der Waals surface area contributed by atoms with Crippen molar-refractivity contribution in [1.29, 1.82) is 0 Å². The van der Waals surface area contributed by atoms with Gasteiger partial charge in [0.1, 0.15) is 5.75 Å². The Bertz CT molecular complexity index is 648. The number of aromatic nitrogens is 2. The van der Waals surface area contributed by atoms with Crippen molar-refractivity contribution in [1.82, 2.24) is 9.97 Å². The van der Waals surface area contributed by atoms with Crippen LogP contribution >= 0.6 is 11.6 Å². The van der Waals surface area contributed by atoms with E-state index in [1.54, 1.807) is 24.4 Å². The standard InChI is InChI=1S/C13H9ClN2O2/c14-9-4-1-2-5-10(9)17-8-12-16-13-11(18-12)6-3-7-15-13/h1-7H,8H2. The van der Waals surface area contributed by atoms with Crippen LogP contribution in [0.1, 0.15) is 5.89 Å². The molecule has 0 atom stereocenters. The molecule has 0 aliphatic carbocycles. The van der Waals surface area contributed by atoms with Gasteiger partial charge in [0.15, 0.2) is 17.8 Å². The lowest BCUT2D eigenvalue weighted by molar-refractivity contribution is 0.267. The molecule has 2 aromatic heterocycles. The number of nitrogens with zero attached hydrogens (tertiary/aromatic N) is 2. The number of para-hydroxylation sites is 1. The molecule has 0 aliphatic rings. The molecular weight excluding hydrogens is 252 g/mol. The second-order valence-electron chi connectivity index (χ2n) is 3.65.